The maximum absolute atomic E-state index is 6.22. The molecule has 6 heteroatoms. The van der Waals surface area contributed by atoms with Gasteiger partial charge in [-0.2, -0.15) is 5.10 Å². The Kier molecular flexibility index (Phi) is 4.86. The standard InChI is InChI=1S/C20H25N5O/c1-24(2)13-17-10-18(6-8-21-17)26-19-7-9-25(14-19)12-16-5-3-4-15-11-22-23-20(15)16/h3-6,8,10-11,19H,7,9,12-14H2,1-2H3,(H,22,23). The Hall–Kier alpha value is -2.44. The third-order valence-corrected chi connectivity index (χ3v) is 4.76. The van der Waals surface area contributed by atoms with Gasteiger partial charge in [-0.3, -0.25) is 15.0 Å². The Bertz CT molecular complexity index is 875. The summed E-state index contributed by atoms with van der Waals surface area (Å²) in [5, 5.41) is 8.44. The van der Waals surface area contributed by atoms with Crippen molar-refractivity contribution in [1.82, 2.24) is 25.0 Å². The number of likely N-dealkylation sites (tertiary alicyclic amines) is 1. The number of nitrogens with zero attached hydrogens (tertiary/aromatic N) is 4. The van der Waals surface area contributed by atoms with Crippen LogP contribution in [0.1, 0.15) is 17.7 Å². The summed E-state index contributed by atoms with van der Waals surface area (Å²) in [6.07, 6.45) is 4.98. The summed E-state index contributed by atoms with van der Waals surface area (Å²) in [6.45, 7) is 3.73. The first kappa shape index (κ1) is 17.0. The SMILES string of the molecule is CN(C)Cc1cc(OC2CCN(Cc3cccc4cn[nH]c34)C2)ccn1. The van der Waals surface area contributed by atoms with Crippen molar-refractivity contribution in [2.75, 3.05) is 27.2 Å². The van der Waals surface area contributed by atoms with Crippen molar-refractivity contribution in [3.63, 3.8) is 0 Å². The second kappa shape index (κ2) is 7.43. The van der Waals surface area contributed by atoms with E-state index in [-0.39, 0.29) is 6.10 Å². The summed E-state index contributed by atoms with van der Waals surface area (Å²) in [5.41, 5.74) is 3.46. The van der Waals surface area contributed by atoms with Gasteiger partial charge in [-0.15, -0.1) is 0 Å². The van der Waals surface area contributed by atoms with Gasteiger partial charge in [0, 0.05) is 43.8 Å². The maximum atomic E-state index is 6.22. The van der Waals surface area contributed by atoms with Gasteiger partial charge in [0.15, 0.2) is 0 Å². The Morgan fingerprint density at radius 3 is 3.12 bits per heavy atom. The number of benzene rings is 1. The minimum absolute atomic E-state index is 0.227. The van der Waals surface area contributed by atoms with Crippen molar-refractivity contribution >= 4 is 10.9 Å². The molecule has 2 aromatic heterocycles. The number of hydrogen-bond donors (Lipinski definition) is 1. The molecule has 1 saturated heterocycles. The molecule has 0 saturated carbocycles. The van der Waals surface area contributed by atoms with Gasteiger partial charge in [0.25, 0.3) is 0 Å². The van der Waals surface area contributed by atoms with Crippen LogP contribution in [0.15, 0.2) is 42.7 Å². The number of H-pyrrole nitrogens is 1. The molecule has 1 aliphatic rings. The molecule has 26 heavy (non-hydrogen) atoms. The van der Waals surface area contributed by atoms with Crippen LogP contribution < -0.4 is 4.74 Å². The van der Waals surface area contributed by atoms with Gasteiger partial charge in [-0.1, -0.05) is 18.2 Å². The quantitative estimate of drug-likeness (QED) is 0.740. The van der Waals surface area contributed by atoms with Gasteiger partial charge in [-0.05, 0) is 32.1 Å². The topological polar surface area (TPSA) is 57.3 Å². The molecule has 0 aliphatic carbocycles. The number of pyridine rings is 1. The van der Waals surface area contributed by atoms with E-state index in [9.17, 15) is 0 Å². The van der Waals surface area contributed by atoms with E-state index in [0.717, 1.165) is 49.6 Å². The minimum Gasteiger partial charge on any atom is -0.489 e. The lowest BCUT2D eigenvalue weighted by Crippen LogP contribution is -2.24. The monoisotopic (exact) mass is 351 g/mol. The van der Waals surface area contributed by atoms with Crippen LogP contribution in [-0.4, -0.2) is 58.3 Å². The summed E-state index contributed by atoms with van der Waals surface area (Å²) in [6, 6.07) is 10.4. The minimum atomic E-state index is 0.227. The van der Waals surface area contributed by atoms with Gasteiger partial charge in [-0.25, -0.2) is 0 Å². The van der Waals surface area contributed by atoms with Crippen LogP contribution in [0.4, 0.5) is 0 Å². The molecule has 3 heterocycles. The fourth-order valence-corrected chi connectivity index (χ4v) is 3.57. The first-order valence-electron chi connectivity index (χ1n) is 9.07. The Labute approximate surface area is 153 Å². The lowest BCUT2D eigenvalue weighted by molar-refractivity contribution is 0.198. The molecule has 0 radical (unpaired) electrons. The highest BCUT2D eigenvalue weighted by atomic mass is 16.5. The molecular formula is C20H25N5O. The van der Waals surface area contributed by atoms with Crippen molar-refractivity contribution in [1.29, 1.82) is 0 Å². The number of ether oxygens (including phenoxy) is 1. The van der Waals surface area contributed by atoms with Gasteiger partial charge < -0.3 is 9.64 Å². The first-order valence-corrected chi connectivity index (χ1v) is 9.07. The fraction of sp³-hybridized carbons (Fsp3) is 0.400. The Morgan fingerprint density at radius 2 is 2.23 bits per heavy atom. The average Bonchev–Trinajstić information content (AvgIpc) is 3.24. The molecule has 1 N–H and O–H groups in total. The van der Waals surface area contributed by atoms with Crippen LogP contribution >= 0.6 is 0 Å². The maximum Gasteiger partial charge on any atom is 0.123 e. The number of aromatic nitrogens is 3. The predicted molar refractivity (Wildman–Crippen MR) is 102 cm³/mol. The molecule has 1 aromatic carbocycles. The van der Waals surface area contributed by atoms with E-state index < -0.39 is 0 Å². The Balaban J connectivity index is 1.37. The molecule has 0 amide bonds. The van der Waals surface area contributed by atoms with Gasteiger partial charge in [0.05, 0.1) is 17.4 Å². The van der Waals surface area contributed by atoms with E-state index in [0.29, 0.717) is 0 Å². The average molecular weight is 351 g/mol. The highest BCUT2D eigenvalue weighted by Gasteiger charge is 2.24. The summed E-state index contributed by atoms with van der Waals surface area (Å²) in [4.78, 5) is 8.96. The lowest BCUT2D eigenvalue weighted by atomic mass is 10.1. The number of para-hydroxylation sites is 1. The zero-order valence-electron chi connectivity index (χ0n) is 15.4. The third-order valence-electron chi connectivity index (χ3n) is 4.76. The number of hydrogen-bond acceptors (Lipinski definition) is 5. The summed E-state index contributed by atoms with van der Waals surface area (Å²) < 4.78 is 6.22. The van der Waals surface area contributed by atoms with Crippen molar-refractivity contribution < 1.29 is 4.74 Å². The summed E-state index contributed by atoms with van der Waals surface area (Å²) in [7, 11) is 4.09. The number of nitrogens with one attached hydrogen (secondary N) is 1. The highest BCUT2D eigenvalue weighted by Crippen LogP contribution is 2.23. The molecule has 1 unspecified atom stereocenters. The van der Waals surface area contributed by atoms with E-state index in [2.05, 4.69) is 43.2 Å². The number of aromatic amines is 1. The molecule has 1 aliphatic heterocycles. The molecule has 1 atom stereocenters. The number of rotatable bonds is 6. The van der Waals surface area contributed by atoms with Crippen LogP contribution in [0.25, 0.3) is 10.9 Å². The largest absolute Gasteiger partial charge is 0.489 e. The molecule has 1 fully saturated rings. The molecule has 0 spiro atoms. The van der Waals surface area contributed by atoms with Crippen molar-refractivity contribution in [2.45, 2.75) is 25.6 Å². The number of fused-ring (bicyclic) bond motifs is 1. The molecular weight excluding hydrogens is 326 g/mol. The highest BCUT2D eigenvalue weighted by molar-refractivity contribution is 5.81. The predicted octanol–water partition coefficient (Wildman–Crippen LogP) is 2.67. The molecule has 4 rings (SSSR count). The zero-order valence-corrected chi connectivity index (χ0v) is 15.4. The van der Waals surface area contributed by atoms with Gasteiger partial charge in [0.2, 0.25) is 0 Å². The van der Waals surface area contributed by atoms with Gasteiger partial charge in [0.1, 0.15) is 11.9 Å². The second-order valence-corrected chi connectivity index (χ2v) is 7.24. The molecule has 136 valence electrons. The molecule has 3 aromatic rings. The van der Waals surface area contributed by atoms with Crippen LogP contribution in [0, 0.1) is 0 Å². The van der Waals surface area contributed by atoms with Crippen molar-refractivity contribution in [3.8, 4) is 5.75 Å². The second-order valence-electron chi connectivity index (χ2n) is 7.24. The molecule has 6 nitrogen and oxygen atoms in total. The van der Waals surface area contributed by atoms with Crippen LogP contribution in [0.3, 0.4) is 0 Å². The van der Waals surface area contributed by atoms with E-state index in [1.54, 1.807) is 0 Å². The lowest BCUT2D eigenvalue weighted by Gasteiger charge is -2.18. The zero-order chi connectivity index (χ0) is 17.9. The Morgan fingerprint density at radius 1 is 1.31 bits per heavy atom. The first-order chi connectivity index (χ1) is 12.7. The normalized spacial score (nSPS) is 18.0. The van der Waals surface area contributed by atoms with E-state index in [1.165, 1.54) is 10.9 Å². The van der Waals surface area contributed by atoms with E-state index >= 15 is 0 Å². The molecule has 0 bridgehead atoms. The smallest absolute Gasteiger partial charge is 0.123 e. The van der Waals surface area contributed by atoms with Crippen molar-refractivity contribution in [2.24, 2.45) is 0 Å². The van der Waals surface area contributed by atoms with Crippen LogP contribution in [0.2, 0.25) is 0 Å². The fourth-order valence-electron chi connectivity index (χ4n) is 3.57. The van der Waals surface area contributed by atoms with Gasteiger partial charge >= 0.3 is 0 Å². The van der Waals surface area contributed by atoms with E-state index in [1.807, 2.05) is 38.6 Å². The van der Waals surface area contributed by atoms with E-state index in [4.69, 9.17) is 4.74 Å². The summed E-state index contributed by atoms with van der Waals surface area (Å²) >= 11 is 0. The third kappa shape index (κ3) is 3.86. The van der Waals surface area contributed by atoms with Crippen LogP contribution in [0.5, 0.6) is 5.75 Å². The van der Waals surface area contributed by atoms with Crippen molar-refractivity contribution in [3.05, 3.63) is 54.0 Å². The van der Waals surface area contributed by atoms with Crippen LogP contribution in [-0.2, 0) is 13.1 Å². The summed E-state index contributed by atoms with van der Waals surface area (Å²) in [5.74, 6) is 0.916.